The predicted molar refractivity (Wildman–Crippen MR) is 172 cm³/mol. The molecule has 0 radical (unpaired) electrons. The van der Waals surface area contributed by atoms with Crippen LogP contribution in [0.5, 0.6) is 11.5 Å². The summed E-state index contributed by atoms with van der Waals surface area (Å²) < 4.78 is 51.8. The normalized spacial score (nSPS) is 34.3. The third kappa shape index (κ3) is 3.90. The van der Waals surface area contributed by atoms with Gasteiger partial charge in [0.2, 0.25) is 0 Å². The fourth-order valence-corrected chi connectivity index (χ4v) is 9.69. The quantitative estimate of drug-likeness (QED) is 0.318. The lowest BCUT2D eigenvalue weighted by Crippen LogP contribution is -2.61. The third-order valence-electron chi connectivity index (χ3n) is 11.5. The molecule has 2 bridgehead atoms. The molecular formula is C37H35FN2O10. The van der Waals surface area contributed by atoms with Gasteiger partial charge in [0.05, 0.1) is 50.5 Å². The fourth-order valence-electron chi connectivity index (χ4n) is 9.69. The van der Waals surface area contributed by atoms with Gasteiger partial charge in [0.15, 0.2) is 18.2 Å². The van der Waals surface area contributed by atoms with Crippen LogP contribution in [0, 0.1) is 35.9 Å². The summed E-state index contributed by atoms with van der Waals surface area (Å²) in [5.74, 6) is -2.50. The Labute approximate surface area is 286 Å². The van der Waals surface area contributed by atoms with Crippen LogP contribution in [0.2, 0.25) is 0 Å². The van der Waals surface area contributed by atoms with E-state index in [4.69, 9.17) is 38.1 Å². The second-order valence-corrected chi connectivity index (χ2v) is 13.8. The SMILES string of the molecule is COc1cc(C)cc2c1C1=NO[C@H]3C4C=CC(CC5=CC(=O)[C@@H]6C(c7c(F)ccc(OC)c7C7OCCO7)=NO[C@@H]6[C@@]54OC)([C@H]2OC(C)=O)[C@@H]13. The number of carbonyl (C=O) groups is 2. The molecule has 3 aliphatic heterocycles. The highest BCUT2D eigenvalue weighted by molar-refractivity contribution is 6.19. The third-order valence-corrected chi connectivity index (χ3v) is 11.5. The molecule has 8 aliphatic rings. The van der Waals surface area contributed by atoms with Crippen molar-refractivity contribution in [3.63, 3.8) is 0 Å². The van der Waals surface area contributed by atoms with Crippen molar-refractivity contribution in [2.45, 2.75) is 50.5 Å². The van der Waals surface area contributed by atoms with Gasteiger partial charge in [-0.25, -0.2) is 4.39 Å². The number of allylic oxidation sites excluding steroid dienone is 1. The zero-order chi connectivity index (χ0) is 34.7. The highest BCUT2D eigenvalue weighted by atomic mass is 19.1. The Hall–Kier alpha value is -4.59. The molecule has 1 spiro atoms. The van der Waals surface area contributed by atoms with Gasteiger partial charge in [0.25, 0.3) is 0 Å². The number of halogens is 1. The molecule has 1 saturated carbocycles. The Morgan fingerprint density at radius 1 is 1.00 bits per heavy atom. The lowest BCUT2D eigenvalue weighted by molar-refractivity contribution is -0.166. The van der Waals surface area contributed by atoms with E-state index >= 15 is 4.39 Å². The van der Waals surface area contributed by atoms with Crippen molar-refractivity contribution in [2.24, 2.45) is 33.5 Å². The fraction of sp³-hybridized carbons (Fsp3) is 0.459. The van der Waals surface area contributed by atoms with Crippen LogP contribution in [0.1, 0.15) is 53.6 Å². The van der Waals surface area contributed by atoms with Crippen LogP contribution in [0.15, 0.2) is 58.4 Å². The van der Waals surface area contributed by atoms with E-state index in [0.717, 1.165) is 16.7 Å². The number of methoxy groups -OCH3 is 3. The smallest absolute Gasteiger partial charge is 0.303 e. The van der Waals surface area contributed by atoms with Crippen LogP contribution in [0.4, 0.5) is 4.39 Å². The van der Waals surface area contributed by atoms with Crippen molar-refractivity contribution >= 4 is 23.2 Å². The summed E-state index contributed by atoms with van der Waals surface area (Å²) in [6, 6.07) is 6.65. The standard InChI is InChI=1S/C37H35FN2O10/c1-16-12-19-25(24(13-16)44-4)31-29-32(49-40-31)20-8-9-36(29,33(19)48-17(2)41)15-18-14-22(42)27-30(39-50-34(27)37(18,20)45-5)26-21(38)6-7-23(43-3)28(26)35-46-10-11-47-35/h6-9,12-14,20,27,29,32-35H,10-11,15H2,1-5H3/t20?,27-,29+,32+,33+,34+,36?,37-/m1/s1. The molecule has 10 rings (SSSR count). The monoisotopic (exact) mass is 686 g/mol. The molecule has 5 aliphatic carbocycles. The van der Waals surface area contributed by atoms with E-state index in [9.17, 15) is 9.59 Å². The Balaban J connectivity index is 1.21. The van der Waals surface area contributed by atoms with Gasteiger partial charge in [0.1, 0.15) is 46.8 Å². The second kappa shape index (κ2) is 11.0. The zero-order valence-electron chi connectivity index (χ0n) is 28.1. The minimum atomic E-state index is -1.31. The lowest BCUT2D eigenvalue weighted by Gasteiger charge is -2.49. The number of oxime groups is 2. The first-order valence-corrected chi connectivity index (χ1v) is 16.6. The van der Waals surface area contributed by atoms with Crippen LogP contribution in [0.25, 0.3) is 0 Å². The van der Waals surface area contributed by atoms with E-state index in [1.807, 2.05) is 25.1 Å². The summed E-state index contributed by atoms with van der Waals surface area (Å²) in [7, 11) is 4.62. The molecule has 2 aromatic rings. The molecule has 2 unspecified atom stereocenters. The maximum Gasteiger partial charge on any atom is 0.303 e. The summed E-state index contributed by atoms with van der Waals surface area (Å²) in [6.45, 7) is 3.95. The maximum atomic E-state index is 16.0. The summed E-state index contributed by atoms with van der Waals surface area (Å²) in [5, 5.41) is 9.11. The molecule has 0 amide bonds. The van der Waals surface area contributed by atoms with Gasteiger partial charge in [-0.3, -0.25) is 9.59 Å². The van der Waals surface area contributed by atoms with Crippen LogP contribution < -0.4 is 9.47 Å². The van der Waals surface area contributed by atoms with Crippen molar-refractivity contribution in [3.8, 4) is 11.5 Å². The average molecular weight is 687 g/mol. The van der Waals surface area contributed by atoms with Gasteiger partial charge in [0, 0.05) is 36.1 Å². The van der Waals surface area contributed by atoms with Crippen molar-refractivity contribution < 1.29 is 52.1 Å². The molecule has 13 heteroatoms. The number of fused-ring (bicyclic) bond motifs is 3. The first-order chi connectivity index (χ1) is 24.2. The van der Waals surface area contributed by atoms with Crippen LogP contribution in [0.3, 0.4) is 0 Å². The van der Waals surface area contributed by atoms with Crippen LogP contribution >= 0.6 is 0 Å². The van der Waals surface area contributed by atoms with Crippen LogP contribution in [-0.2, 0) is 38.2 Å². The van der Waals surface area contributed by atoms with E-state index in [1.165, 1.54) is 26.2 Å². The van der Waals surface area contributed by atoms with Gasteiger partial charge < -0.3 is 38.1 Å². The van der Waals surface area contributed by atoms with Crippen molar-refractivity contribution in [3.05, 3.63) is 81.7 Å². The molecule has 3 heterocycles. The van der Waals surface area contributed by atoms with Crippen LogP contribution in [-0.4, -0.2) is 75.5 Å². The topological polar surface area (TPSA) is 133 Å². The molecule has 8 atom stereocenters. The number of esters is 1. The van der Waals surface area contributed by atoms with Gasteiger partial charge in [-0.15, -0.1) is 0 Å². The Bertz CT molecular complexity index is 1980. The van der Waals surface area contributed by atoms with Gasteiger partial charge >= 0.3 is 5.97 Å². The highest BCUT2D eigenvalue weighted by Crippen LogP contribution is 2.67. The first-order valence-electron chi connectivity index (χ1n) is 16.6. The molecule has 0 N–H and O–H groups in total. The predicted octanol–water partition coefficient (Wildman–Crippen LogP) is 4.42. The second-order valence-electron chi connectivity index (χ2n) is 13.8. The van der Waals surface area contributed by atoms with Crippen molar-refractivity contribution in [1.82, 2.24) is 0 Å². The summed E-state index contributed by atoms with van der Waals surface area (Å²) in [4.78, 5) is 39.9. The number of carbonyl (C=O) groups excluding carboxylic acids is 2. The minimum Gasteiger partial charge on any atom is -0.496 e. The Kier molecular flexibility index (Phi) is 6.88. The molecule has 2 fully saturated rings. The molecule has 2 aromatic carbocycles. The van der Waals surface area contributed by atoms with Gasteiger partial charge in [-0.2, -0.15) is 0 Å². The number of ketones is 1. The number of rotatable bonds is 6. The maximum absolute atomic E-state index is 16.0. The number of ether oxygens (including phenoxy) is 6. The number of hydrogen-bond donors (Lipinski definition) is 0. The van der Waals surface area contributed by atoms with Crippen molar-refractivity contribution in [1.29, 1.82) is 0 Å². The number of benzene rings is 2. The molecule has 260 valence electrons. The molecule has 50 heavy (non-hydrogen) atoms. The Morgan fingerprint density at radius 3 is 2.48 bits per heavy atom. The van der Waals surface area contributed by atoms with E-state index in [2.05, 4.69) is 16.4 Å². The summed E-state index contributed by atoms with van der Waals surface area (Å²) in [5.41, 5.74) is 1.89. The van der Waals surface area contributed by atoms with E-state index in [0.29, 0.717) is 36.0 Å². The van der Waals surface area contributed by atoms with Crippen molar-refractivity contribution in [2.75, 3.05) is 34.5 Å². The van der Waals surface area contributed by atoms with E-state index < -0.39 is 65.2 Å². The minimum absolute atomic E-state index is 0.0245. The molecular weight excluding hydrogens is 651 g/mol. The molecule has 12 nitrogen and oxygen atoms in total. The molecule has 1 saturated heterocycles. The Morgan fingerprint density at radius 2 is 1.76 bits per heavy atom. The molecule has 0 aromatic heterocycles. The highest BCUT2D eigenvalue weighted by Gasteiger charge is 2.73. The zero-order valence-corrected chi connectivity index (χ0v) is 28.1. The number of aryl methyl sites for hydroxylation is 1. The van der Waals surface area contributed by atoms with E-state index in [-0.39, 0.29) is 29.0 Å². The first kappa shape index (κ1) is 31.4. The number of nitrogens with zero attached hydrogens (tertiary/aromatic N) is 2. The van der Waals surface area contributed by atoms with Gasteiger partial charge in [-0.05, 0) is 48.8 Å². The number of hydrogen-bond acceptors (Lipinski definition) is 12. The van der Waals surface area contributed by atoms with E-state index in [1.54, 1.807) is 20.3 Å². The summed E-state index contributed by atoms with van der Waals surface area (Å²) >= 11 is 0. The largest absolute Gasteiger partial charge is 0.496 e. The average Bonchev–Trinajstić information content (AvgIpc) is 3.86. The van der Waals surface area contributed by atoms with Gasteiger partial charge in [-0.1, -0.05) is 28.5 Å². The summed E-state index contributed by atoms with van der Waals surface area (Å²) in [6.07, 6.45) is 2.58. The lowest BCUT2D eigenvalue weighted by atomic mass is 9.56.